The average molecular weight is 254 g/mol. The molecule has 0 radical (unpaired) electrons. The SMILES string of the molecule is CCC(C)C1NC(=O)CN(CC(C)C(C)C)C1=O. The van der Waals surface area contributed by atoms with Crippen molar-refractivity contribution >= 4 is 11.8 Å². The van der Waals surface area contributed by atoms with Crippen LogP contribution in [0.15, 0.2) is 0 Å². The second-order valence-electron chi connectivity index (χ2n) is 5.87. The molecular formula is C14H26N2O2. The first-order valence-corrected chi connectivity index (χ1v) is 6.94. The number of piperazine rings is 1. The molecule has 1 aliphatic rings. The first-order chi connectivity index (χ1) is 8.36. The number of hydrogen-bond acceptors (Lipinski definition) is 2. The van der Waals surface area contributed by atoms with Crippen LogP contribution in [0.2, 0.25) is 0 Å². The third-order valence-electron chi connectivity index (χ3n) is 4.09. The lowest BCUT2D eigenvalue weighted by Crippen LogP contribution is -2.60. The summed E-state index contributed by atoms with van der Waals surface area (Å²) in [6, 6.07) is -0.337. The minimum Gasteiger partial charge on any atom is -0.342 e. The second kappa shape index (κ2) is 6.21. The largest absolute Gasteiger partial charge is 0.342 e. The Kier molecular flexibility index (Phi) is 5.17. The number of carbonyl (C=O) groups is 2. The summed E-state index contributed by atoms with van der Waals surface area (Å²) in [6.07, 6.45) is 0.893. The maximum Gasteiger partial charge on any atom is 0.245 e. The Bertz CT molecular complexity index is 315. The summed E-state index contributed by atoms with van der Waals surface area (Å²) >= 11 is 0. The number of amides is 2. The minimum atomic E-state index is -0.337. The molecule has 4 heteroatoms. The molecule has 0 aromatic rings. The van der Waals surface area contributed by atoms with E-state index in [1.807, 2.05) is 13.8 Å². The number of nitrogens with one attached hydrogen (secondary N) is 1. The molecule has 0 spiro atoms. The quantitative estimate of drug-likeness (QED) is 0.811. The zero-order valence-corrected chi connectivity index (χ0v) is 12.2. The van der Waals surface area contributed by atoms with Crippen molar-refractivity contribution in [3.8, 4) is 0 Å². The van der Waals surface area contributed by atoms with Gasteiger partial charge in [-0.1, -0.05) is 41.0 Å². The van der Waals surface area contributed by atoms with Crippen LogP contribution in [0.5, 0.6) is 0 Å². The first kappa shape index (κ1) is 15.0. The van der Waals surface area contributed by atoms with Crippen LogP contribution in [0, 0.1) is 17.8 Å². The molecule has 3 unspecified atom stereocenters. The van der Waals surface area contributed by atoms with Crippen molar-refractivity contribution in [3.05, 3.63) is 0 Å². The normalized spacial score (nSPS) is 24.1. The van der Waals surface area contributed by atoms with Crippen molar-refractivity contribution in [1.82, 2.24) is 10.2 Å². The summed E-state index contributed by atoms with van der Waals surface area (Å²) < 4.78 is 0. The Morgan fingerprint density at radius 2 is 1.89 bits per heavy atom. The van der Waals surface area contributed by atoms with Gasteiger partial charge in [0.1, 0.15) is 6.04 Å². The molecule has 0 aliphatic carbocycles. The Labute approximate surface area is 110 Å². The lowest BCUT2D eigenvalue weighted by molar-refractivity contribution is -0.146. The monoisotopic (exact) mass is 254 g/mol. The fraction of sp³-hybridized carbons (Fsp3) is 0.857. The highest BCUT2D eigenvalue weighted by molar-refractivity contribution is 5.95. The number of nitrogens with zero attached hydrogens (tertiary/aromatic N) is 1. The molecule has 1 fully saturated rings. The van der Waals surface area contributed by atoms with E-state index in [9.17, 15) is 9.59 Å². The Balaban J connectivity index is 2.73. The van der Waals surface area contributed by atoms with E-state index in [0.29, 0.717) is 18.4 Å². The van der Waals surface area contributed by atoms with E-state index >= 15 is 0 Å². The molecule has 0 bridgehead atoms. The topological polar surface area (TPSA) is 49.4 Å². The minimum absolute atomic E-state index is 0.0316. The van der Waals surface area contributed by atoms with Crippen molar-refractivity contribution in [2.75, 3.05) is 13.1 Å². The molecule has 0 saturated carbocycles. The maximum atomic E-state index is 12.3. The van der Waals surface area contributed by atoms with Crippen molar-refractivity contribution in [2.24, 2.45) is 17.8 Å². The Morgan fingerprint density at radius 3 is 2.39 bits per heavy atom. The summed E-state index contributed by atoms with van der Waals surface area (Å²) in [5.74, 6) is 1.17. The summed E-state index contributed by atoms with van der Waals surface area (Å²) in [7, 11) is 0. The molecular weight excluding hydrogens is 228 g/mol. The van der Waals surface area contributed by atoms with Gasteiger partial charge in [-0.3, -0.25) is 9.59 Å². The molecule has 2 amide bonds. The van der Waals surface area contributed by atoms with Gasteiger partial charge in [0.25, 0.3) is 0 Å². The number of hydrogen-bond donors (Lipinski definition) is 1. The summed E-state index contributed by atoms with van der Waals surface area (Å²) in [6.45, 7) is 11.4. The second-order valence-corrected chi connectivity index (χ2v) is 5.87. The van der Waals surface area contributed by atoms with Crippen LogP contribution in [-0.2, 0) is 9.59 Å². The van der Waals surface area contributed by atoms with Gasteiger partial charge in [0.05, 0.1) is 6.54 Å². The fourth-order valence-electron chi connectivity index (χ4n) is 2.06. The molecule has 0 aromatic carbocycles. The van der Waals surface area contributed by atoms with E-state index in [-0.39, 0.29) is 30.3 Å². The van der Waals surface area contributed by atoms with Gasteiger partial charge >= 0.3 is 0 Å². The fourth-order valence-corrected chi connectivity index (χ4v) is 2.06. The molecule has 1 rings (SSSR count). The highest BCUT2D eigenvalue weighted by Gasteiger charge is 2.35. The predicted molar refractivity (Wildman–Crippen MR) is 72.0 cm³/mol. The van der Waals surface area contributed by atoms with Gasteiger partial charge in [-0.2, -0.15) is 0 Å². The first-order valence-electron chi connectivity index (χ1n) is 6.94. The standard InChI is InChI=1S/C14H26N2O2/c1-6-10(4)13-14(18)16(8-12(17)15-13)7-11(5)9(2)3/h9-11,13H,6-8H2,1-5H3,(H,15,17). The summed E-state index contributed by atoms with van der Waals surface area (Å²) in [5, 5.41) is 2.82. The van der Waals surface area contributed by atoms with Crippen LogP contribution in [-0.4, -0.2) is 35.8 Å². The summed E-state index contributed by atoms with van der Waals surface area (Å²) in [4.78, 5) is 25.8. The van der Waals surface area contributed by atoms with Crippen LogP contribution < -0.4 is 5.32 Å². The molecule has 3 atom stereocenters. The third kappa shape index (κ3) is 3.47. The van der Waals surface area contributed by atoms with E-state index < -0.39 is 0 Å². The zero-order valence-electron chi connectivity index (χ0n) is 12.2. The van der Waals surface area contributed by atoms with E-state index in [0.717, 1.165) is 6.42 Å². The molecule has 1 heterocycles. The van der Waals surface area contributed by atoms with Gasteiger partial charge in [-0.25, -0.2) is 0 Å². The number of rotatable bonds is 5. The van der Waals surface area contributed by atoms with E-state index in [1.54, 1.807) is 4.90 Å². The molecule has 104 valence electrons. The third-order valence-corrected chi connectivity index (χ3v) is 4.09. The Hall–Kier alpha value is -1.06. The van der Waals surface area contributed by atoms with Crippen molar-refractivity contribution in [1.29, 1.82) is 0 Å². The highest BCUT2D eigenvalue weighted by atomic mass is 16.2. The zero-order chi connectivity index (χ0) is 13.9. The van der Waals surface area contributed by atoms with Gasteiger partial charge in [0.15, 0.2) is 0 Å². The smallest absolute Gasteiger partial charge is 0.245 e. The van der Waals surface area contributed by atoms with Crippen molar-refractivity contribution in [3.63, 3.8) is 0 Å². The predicted octanol–water partition coefficient (Wildman–Crippen LogP) is 1.65. The van der Waals surface area contributed by atoms with E-state index in [2.05, 4.69) is 26.1 Å². The lowest BCUT2D eigenvalue weighted by atomic mass is 9.93. The van der Waals surface area contributed by atoms with Crippen molar-refractivity contribution in [2.45, 2.75) is 47.1 Å². The molecule has 1 saturated heterocycles. The van der Waals surface area contributed by atoms with Crippen LogP contribution >= 0.6 is 0 Å². The van der Waals surface area contributed by atoms with Crippen LogP contribution in [0.4, 0.5) is 0 Å². The van der Waals surface area contributed by atoms with Crippen LogP contribution in [0.25, 0.3) is 0 Å². The van der Waals surface area contributed by atoms with Crippen LogP contribution in [0.1, 0.15) is 41.0 Å². The molecule has 1 aliphatic heterocycles. The molecule has 0 aromatic heterocycles. The van der Waals surface area contributed by atoms with E-state index in [4.69, 9.17) is 0 Å². The Morgan fingerprint density at radius 1 is 1.28 bits per heavy atom. The van der Waals surface area contributed by atoms with E-state index in [1.165, 1.54) is 0 Å². The molecule has 4 nitrogen and oxygen atoms in total. The average Bonchev–Trinajstić information content (AvgIpc) is 2.32. The maximum absolute atomic E-state index is 12.3. The molecule has 18 heavy (non-hydrogen) atoms. The highest BCUT2D eigenvalue weighted by Crippen LogP contribution is 2.17. The van der Waals surface area contributed by atoms with Gasteiger partial charge in [0, 0.05) is 6.54 Å². The number of carbonyl (C=O) groups excluding carboxylic acids is 2. The van der Waals surface area contributed by atoms with Gasteiger partial charge in [0.2, 0.25) is 11.8 Å². The molecule has 1 N–H and O–H groups in total. The van der Waals surface area contributed by atoms with Gasteiger partial charge < -0.3 is 10.2 Å². The van der Waals surface area contributed by atoms with Crippen molar-refractivity contribution < 1.29 is 9.59 Å². The van der Waals surface area contributed by atoms with Gasteiger partial charge in [-0.15, -0.1) is 0 Å². The van der Waals surface area contributed by atoms with Crippen LogP contribution in [0.3, 0.4) is 0 Å². The van der Waals surface area contributed by atoms with Gasteiger partial charge in [-0.05, 0) is 17.8 Å². The summed E-state index contributed by atoms with van der Waals surface area (Å²) in [5.41, 5.74) is 0. The lowest BCUT2D eigenvalue weighted by Gasteiger charge is -2.37.